The average Bonchev–Trinajstić information content (AvgIpc) is 3.87. The molecule has 15 nitrogen and oxygen atoms in total. The van der Waals surface area contributed by atoms with Crippen LogP contribution in [0, 0.1) is 11.8 Å². The highest BCUT2D eigenvalue weighted by molar-refractivity contribution is 6.39. The van der Waals surface area contributed by atoms with Gasteiger partial charge >= 0.3 is 18.5 Å². The number of alkyl carbamates (subject to hydrolysis) is 1. The van der Waals surface area contributed by atoms with Crippen molar-refractivity contribution in [2.45, 2.75) is 85.0 Å². The number of likely N-dealkylation sites (tertiary alicyclic amines) is 1. The van der Waals surface area contributed by atoms with Crippen LogP contribution in [0.15, 0.2) is 66.9 Å². The number of aromatic amines is 1. The van der Waals surface area contributed by atoms with Crippen LogP contribution in [0.5, 0.6) is 5.75 Å². The van der Waals surface area contributed by atoms with Crippen molar-refractivity contribution in [3.8, 4) is 16.9 Å². The molecule has 5 aromatic rings. The SMILES string of the molecule is COC(=O)NC(C(=O)N1C[C@@H](C)C[C@H]1c1nc2c(ccc3cc(-c4ccc(N(Cl)C(=O)c5ccc(N6CCN(C(=O)OC(C)(C)C)CC6C)nc5)cc4OC(F)(F)F)ccc32)[nH]1)C(C)C. The summed E-state index contributed by atoms with van der Waals surface area (Å²) in [6.07, 6.45) is -4.19. The molecule has 2 N–H and O–H groups in total. The van der Waals surface area contributed by atoms with Gasteiger partial charge in [0.15, 0.2) is 0 Å². The summed E-state index contributed by atoms with van der Waals surface area (Å²) >= 11 is 6.51. The zero-order valence-corrected chi connectivity index (χ0v) is 38.1. The summed E-state index contributed by atoms with van der Waals surface area (Å²) in [5.41, 5.74) is 1.20. The highest BCUT2D eigenvalue weighted by Gasteiger charge is 2.40. The molecule has 7 rings (SSSR count). The number of aromatic nitrogens is 3. The molecule has 0 saturated carbocycles. The Labute approximate surface area is 379 Å². The third kappa shape index (κ3) is 10.3. The van der Waals surface area contributed by atoms with Crippen molar-refractivity contribution in [3.05, 3.63) is 78.2 Å². The van der Waals surface area contributed by atoms with Crippen LogP contribution in [0.1, 0.15) is 77.1 Å². The van der Waals surface area contributed by atoms with Crippen molar-refractivity contribution in [3.63, 3.8) is 0 Å². The Bertz CT molecular complexity index is 2600. The van der Waals surface area contributed by atoms with Crippen molar-refractivity contribution in [1.29, 1.82) is 0 Å². The van der Waals surface area contributed by atoms with Crippen LogP contribution in [0.3, 0.4) is 0 Å². The monoisotopic (exact) mass is 920 g/mol. The molecule has 0 spiro atoms. The fourth-order valence-electron chi connectivity index (χ4n) is 8.36. The Morgan fingerprint density at radius 2 is 1.72 bits per heavy atom. The predicted octanol–water partition coefficient (Wildman–Crippen LogP) is 9.21. The van der Waals surface area contributed by atoms with E-state index in [2.05, 4.69) is 20.0 Å². The van der Waals surface area contributed by atoms with Gasteiger partial charge in [0, 0.05) is 67.2 Å². The minimum absolute atomic E-state index is 0.0725. The smallest absolute Gasteiger partial charge is 0.453 e. The molecule has 2 saturated heterocycles. The van der Waals surface area contributed by atoms with E-state index in [-0.39, 0.29) is 40.6 Å². The molecule has 65 heavy (non-hydrogen) atoms. The van der Waals surface area contributed by atoms with Crippen molar-refractivity contribution in [2.75, 3.05) is 42.6 Å². The van der Waals surface area contributed by atoms with Gasteiger partial charge in [-0.1, -0.05) is 39.0 Å². The van der Waals surface area contributed by atoms with E-state index >= 15 is 0 Å². The summed E-state index contributed by atoms with van der Waals surface area (Å²) < 4.78 is 57.3. The number of pyridine rings is 1. The number of carbonyl (C=O) groups excluding carboxylic acids is 4. The maximum Gasteiger partial charge on any atom is 0.573 e. The molecular formula is C46H52ClF3N8O7. The van der Waals surface area contributed by atoms with Crippen LogP contribution in [-0.4, -0.2) is 106 Å². The topological polar surface area (TPSA) is 163 Å². The third-order valence-electron chi connectivity index (χ3n) is 11.5. The summed E-state index contributed by atoms with van der Waals surface area (Å²) in [5, 5.41) is 4.06. The first kappa shape index (κ1) is 46.7. The van der Waals surface area contributed by atoms with Crippen molar-refractivity contribution < 1.29 is 46.6 Å². The van der Waals surface area contributed by atoms with Crippen LogP contribution >= 0.6 is 11.8 Å². The van der Waals surface area contributed by atoms with Crippen LogP contribution in [-0.2, 0) is 14.3 Å². The van der Waals surface area contributed by atoms with Gasteiger partial charge in [-0.15, -0.1) is 13.2 Å². The molecule has 2 fully saturated rings. The third-order valence-corrected chi connectivity index (χ3v) is 11.8. The van der Waals surface area contributed by atoms with Crippen molar-refractivity contribution in [2.24, 2.45) is 11.8 Å². The molecule has 2 aliphatic heterocycles. The number of imidazole rings is 1. The lowest BCUT2D eigenvalue weighted by molar-refractivity contribution is -0.274. The number of amides is 4. The Kier molecular flexibility index (Phi) is 13.1. The van der Waals surface area contributed by atoms with Crippen LogP contribution in [0.4, 0.5) is 34.3 Å². The van der Waals surface area contributed by atoms with Gasteiger partial charge in [0.2, 0.25) is 5.91 Å². The molecule has 0 bridgehead atoms. The van der Waals surface area contributed by atoms with E-state index < -0.39 is 47.9 Å². The number of nitrogens with zero attached hydrogens (tertiary/aromatic N) is 6. The average molecular weight is 921 g/mol. The molecule has 0 radical (unpaired) electrons. The first-order valence-electron chi connectivity index (χ1n) is 21.3. The first-order valence-corrected chi connectivity index (χ1v) is 21.6. The van der Waals surface area contributed by atoms with Gasteiger partial charge in [-0.05, 0) is 93.3 Å². The highest BCUT2D eigenvalue weighted by atomic mass is 35.5. The highest BCUT2D eigenvalue weighted by Crippen LogP contribution is 2.41. The molecule has 4 atom stereocenters. The van der Waals surface area contributed by atoms with Crippen molar-refractivity contribution >= 4 is 69.1 Å². The lowest BCUT2D eigenvalue weighted by atomic mass is 9.99. The number of halogens is 4. The number of benzene rings is 3. The van der Waals surface area contributed by atoms with E-state index in [9.17, 15) is 32.3 Å². The molecule has 2 aliphatic rings. The fraction of sp³-hybridized carbons (Fsp3) is 0.435. The number of anilines is 2. The number of ether oxygens (including phenoxy) is 3. The van der Waals surface area contributed by atoms with Gasteiger partial charge in [-0.3, -0.25) is 9.59 Å². The minimum Gasteiger partial charge on any atom is -0.453 e. The zero-order chi connectivity index (χ0) is 47.1. The number of fused-ring (bicyclic) bond motifs is 3. The molecule has 346 valence electrons. The number of carbonyl (C=O) groups is 4. The van der Waals surface area contributed by atoms with E-state index in [1.54, 1.807) is 34.1 Å². The molecule has 3 aromatic carbocycles. The van der Waals surface area contributed by atoms with E-state index in [0.29, 0.717) is 70.6 Å². The lowest BCUT2D eigenvalue weighted by Gasteiger charge is -2.40. The van der Waals surface area contributed by atoms with Crippen molar-refractivity contribution in [1.82, 2.24) is 30.1 Å². The van der Waals surface area contributed by atoms with E-state index in [4.69, 9.17) is 26.2 Å². The summed E-state index contributed by atoms with van der Waals surface area (Å²) in [4.78, 5) is 70.3. The van der Waals surface area contributed by atoms with Gasteiger partial charge in [0.1, 0.15) is 29.0 Å². The standard InChI is InChI=1S/C46H52ClF3N8O7/c1-25(2)38(54-43(61)63-8)42(60)57-23-26(3)19-35(57)40-52-34-15-10-29-20-28(9-13-33(29)39(34)53-40)32-14-12-31(21-36(32)64-46(48,49)50)58(47)41(59)30-11-16-37(51-22-30)56-18-17-55(24-27(56)4)44(62)65-45(5,6)7/h9-16,20-22,25-27,35,38H,17-19,23-24H2,1-8H3,(H,52,53)(H,54,61)/t26-,27?,35-,38?/m0/s1. The Morgan fingerprint density at radius 3 is 2.37 bits per heavy atom. The fourth-order valence-corrected chi connectivity index (χ4v) is 8.56. The van der Waals surface area contributed by atoms with E-state index in [1.807, 2.05) is 65.5 Å². The van der Waals surface area contributed by atoms with Gasteiger partial charge in [0.25, 0.3) is 5.91 Å². The predicted molar refractivity (Wildman–Crippen MR) is 240 cm³/mol. The quantitative estimate of drug-likeness (QED) is 0.136. The lowest BCUT2D eigenvalue weighted by Crippen LogP contribution is -2.54. The molecule has 0 aliphatic carbocycles. The summed E-state index contributed by atoms with van der Waals surface area (Å²) in [5.74, 6) is -0.462. The number of H-pyrrole nitrogens is 1. The number of methoxy groups -OCH3 is 1. The number of hydrogen-bond acceptors (Lipinski definition) is 10. The van der Waals surface area contributed by atoms with Crippen LogP contribution < -0.4 is 19.4 Å². The van der Waals surface area contributed by atoms with Gasteiger partial charge < -0.3 is 39.2 Å². The van der Waals surface area contributed by atoms with Crippen LogP contribution in [0.2, 0.25) is 0 Å². The summed E-state index contributed by atoms with van der Waals surface area (Å²) in [6.45, 7) is 14.9. The molecular weight excluding hydrogens is 869 g/mol. The molecule has 4 amide bonds. The first-order chi connectivity index (χ1) is 30.6. The number of rotatable bonds is 9. The molecule has 19 heteroatoms. The second-order valence-electron chi connectivity index (χ2n) is 17.9. The Balaban J connectivity index is 1.11. The Morgan fingerprint density at radius 1 is 0.969 bits per heavy atom. The summed E-state index contributed by atoms with van der Waals surface area (Å²) in [7, 11) is 1.24. The van der Waals surface area contributed by atoms with E-state index in [0.717, 1.165) is 11.5 Å². The van der Waals surface area contributed by atoms with Gasteiger partial charge in [-0.25, -0.2) is 24.0 Å². The van der Waals surface area contributed by atoms with Gasteiger partial charge in [0.05, 0.1) is 35.4 Å². The minimum atomic E-state index is -5.07. The molecule has 2 aromatic heterocycles. The number of alkyl halides is 3. The second-order valence-corrected chi connectivity index (χ2v) is 18.3. The van der Waals surface area contributed by atoms with Gasteiger partial charge in [-0.2, -0.15) is 0 Å². The number of nitrogens with one attached hydrogen (secondary N) is 2. The van der Waals surface area contributed by atoms with E-state index in [1.165, 1.54) is 31.5 Å². The second kappa shape index (κ2) is 18.3. The summed E-state index contributed by atoms with van der Waals surface area (Å²) in [6, 6.07) is 14.5. The zero-order valence-electron chi connectivity index (χ0n) is 37.3. The maximum absolute atomic E-state index is 13.9. The maximum atomic E-state index is 13.9. The van der Waals surface area contributed by atoms with Crippen LogP contribution in [0.25, 0.3) is 32.9 Å². The number of hydrogen-bond donors (Lipinski definition) is 2. The molecule has 2 unspecified atom stereocenters. The molecule has 4 heterocycles. The Hall–Kier alpha value is -6.30. The largest absolute Gasteiger partial charge is 0.573 e. The normalized spacial score (nSPS) is 18.5. The number of piperazine rings is 1.